The molecule has 3 aromatic heterocycles. The van der Waals surface area contributed by atoms with Crippen LogP contribution < -0.4 is 4.74 Å². The van der Waals surface area contributed by atoms with E-state index < -0.39 is 0 Å². The zero-order valence-corrected chi connectivity index (χ0v) is 20.4. The Balaban J connectivity index is 1.68. The molecule has 3 heterocycles. The van der Waals surface area contributed by atoms with Gasteiger partial charge < -0.3 is 9.64 Å². The van der Waals surface area contributed by atoms with E-state index in [0.717, 1.165) is 45.9 Å². The molecule has 0 radical (unpaired) electrons. The minimum absolute atomic E-state index is 0.578. The van der Waals surface area contributed by atoms with Crippen LogP contribution in [0.3, 0.4) is 0 Å². The molecule has 0 unspecified atom stereocenters. The number of benzene rings is 1. The Kier molecular flexibility index (Phi) is 7.54. The highest BCUT2D eigenvalue weighted by Crippen LogP contribution is 2.33. The van der Waals surface area contributed by atoms with Crippen LogP contribution in [0.1, 0.15) is 12.1 Å². The molecule has 5 nitrogen and oxygen atoms in total. The fraction of sp³-hybridized carbons (Fsp3) is 0.192. The van der Waals surface area contributed by atoms with Gasteiger partial charge in [0.15, 0.2) is 5.65 Å². The maximum Gasteiger partial charge on any atom is 0.178 e. The molecule has 0 saturated heterocycles. The van der Waals surface area contributed by atoms with E-state index in [9.17, 15) is 0 Å². The average molecular weight is 475 g/mol. The number of pyridine rings is 1. The maximum absolute atomic E-state index is 5.94. The molecule has 1 aromatic carbocycles. The second-order valence-corrected chi connectivity index (χ2v) is 9.22. The number of allylic oxidation sites excluding steroid dienone is 2. The maximum atomic E-state index is 5.94. The van der Waals surface area contributed by atoms with E-state index in [1.807, 2.05) is 54.1 Å². The number of aromatic nitrogens is 3. The summed E-state index contributed by atoms with van der Waals surface area (Å²) in [5.74, 6) is 0.848. The Bertz CT molecular complexity index is 1280. The third kappa shape index (κ3) is 5.68. The molecule has 0 bridgehead atoms. The van der Waals surface area contributed by atoms with Gasteiger partial charge in [0.1, 0.15) is 22.7 Å². The van der Waals surface area contributed by atoms with Crippen molar-refractivity contribution in [1.82, 2.24) is 19.9 Å². The molecule has 0 atom stereocenters. The summed E-state index contributed by atoms with van der Waals surface area (Å²) in [4.78, 5) is 18.2. The van der Waals surface area contributed by atoms with Crippen molar-refractivity contribution in [3.8, 4) is 27.4 Å². The Hall–Kier alpha value is -3.00. The number of thiol groups is 1. The lowest BCUT2D eigenvalue weighted by atomic mass is 10.1. The predicted molar refractivity (Wildman–Crippen MR) is 142 cm³/mol. The summed E-state index contributed by atoms with van der Waals surface area (Å²) in [6, 6.07) is 14.1. The first-order chi connectivity index (χ1) is 16.0. The predicted octanol–water partition coefficient (Wildman–Crippen LogP) is 6.21. The molecule has 0 aliphatic heterocycles. The summed E-state index contributed by atoms with van der Waals surface area (Å²) in [6.45, 7) is 5.44. The molecule has 0 aliphatic rings. The number of rotatable bonds is 9. The summed E-state index contributed by atoms with van der Waals surface area (Å²) in [5, 5.41) is 2.03. The standard InChI is InChI=1S/C26H26N4OS2/c1-4-8-22(32)24-25(23-11-6-14-33-23)28-21-16-19(17-27-26(21)29-24)18-9-5-10-20(15-18)31-13-7-12-30(2)3/h4-6,8-11,14-17,32H,1,7,12-13H2,2-3H3/b22-8-. The third-order valence-electron chi connectivity index (χ3n) is 4.98. The van der Waals surface area contributed by atoms with Crippen molar-refractivity contribution in [3.63, 3.8) is 0 Å². The van der Waals surface area contributed by atoms with Crippen molar-refractivity contribution in [2.45, 2.75) is 6.42 Å². The van der Waals surface area contributed by atoms with E-state index in [4.69, 9.17) is 14.7 Å². The minimum atomic E-state index is 0.578. The van der Waals surface area contributed by atoms with Gasteiger partial charge >= 0.3 is 0 Å². The van der Waals surface area contributed by atoms with Crippen molar-refractivity contribution in [1.29, 1.82) is 0 Å². The molecular formula is C26H26N4OS2. The molecule has 33 heavy (non-hydrogen) atoms. The molecule has 0 N–H and O–H groups in total. The molecule has 4 aromatic rings. The molecule has 0 fully saturated rings. The number of ether oxygens (including phenoxy) is 1. The number of nitrogens with zero attached hydrogens (tertiary/aromatic N) is 4. The van der Waals surface area contributed by atoms with Crippen LogP contribution in [0.4, 0.5) is 0 Å². The van der Waals surface area contributed by atoms with Crippen LogP contribution in [0, 0.1) is 0 Å². The van der Waals surface area contributed by atoms with Crippen LogP contribution in [0.5, 0.6) is 5.75 Å². The molecule has 4 rings (SSSR count). The van der Waals surface area contributed by atoms with Crippen molar-refractivity contribution in [2.75, 3.05) is 27.2 Å². The molecule has 0 aliphatic carbocycles. The molecule has 0 spiro atoms. The fourth-order valence-electron chi connectivity index (χ4n) is 3.39. The van der Waals surface area contributed by atoms with Crippen LogP contribution in [0.2, 0.25) is 0 Å². The van der Waals surface area contributed by atoms with Crippen LogP contribution in [0.15, 0.2) is 72.8 Å². The van der Waals surface area contributed by atoms with Gasteiger partial charge in [0.2, 0.25) is 0 Å². The summed E-state index contributed by atoms with van der Waals surface area (Å²) in [5.41, 5.74) is 4.79. The van der Waals surface area contributed by atoms with E-state index in [1.54, 1.807) is 17.4 Å². The largest absolute Gasteiger partial charge is 0.494 e. The van der Waals surface area contributed by atoms with Gasteiger partial charge in [-0.1, -0.05) is 30.9 Å². The number of fused-ring (bicyclic) bond motifs is 1. The van der Waals surface area contributed by atoms with E-state index in [1.165, 1.54) is 0 Å². The van der Waals surface area contributed by atoms with Gasteiger partial charge in [-0.05, 0) is 61.8 Å². The Morgan fingerprint density at radius 3 is 2.79 bits per heavy atom. The fourth-order valence-corrected chi connectivity index (χ4v) is 4.37. The van der Waals surface area contributed by atoms with Crippen molar-refractivity contribution >= 4 is 40.0 Å². The Morgan fingerprint density at radius 2 is 2.03 bits per heavy atom. The van der Waals surface area contributed by atoms with Gasteiger partial charge in [-0.3, -0.25) is 0 Å². The summed E-state index contributed by atoms with van der Waals surface area (Å²) in [7, 11) is 4.13. The summed E-state index contributed by atoms with van der Waals surface area (Å²) in [6.07, 6.45) is 6.31. The first kappa shape index (κ1) is 23.2. The SMILES string of the molecule is C=C/C=C(\S)c1nc2ncc(-c3cccc(OCCCN(C)C)c3)cc2nc1-c1cccs1. The minimum Gasteiger partial charge on any atom is -0.494 e. The zero-order valence-electron chi connectivity index (χ0n) is 18.7. The van der Waals surface area contributed by atoms with E-state index >= 15 is 0 Å². The lowest BCUT2D eigenvalue weighted by Gasteiger charge is -2.12. The lowest BCUT2D eigenvalue weighted by Crippen LogP contribution is -2.15. The van der Waals surface area contributed by atoms with Crippen molar-refractivity contribution in [3.05, 3.63) is 78.5 Å². The van der Waals surface area contributed by atoms with Crippen LogP contribution >= 0.6 is 24.0 Å². The third-order valence-corrected chi connectivity index (χ3v) is 6.22. The Labute approximate surface area is 203 Å². The Morgan fingerprint density at radius 1 is 1.15 bits per heavy atom. The monoisotopic (exact) mass is 474 g/mol. The molecule has 168 valence electrons. The number of hydrogen-bond donors (Lipinski definition) is 1. The second kappa shape index (κ2) is 10.7. The van der Waals surface area contributed by atoms with Gasteiger partial charge in [0.25, 0.3) is 0 Å². The van der Waals surface area contributed by atoms with Crippen molar-refractivity contribution < 1.29 is 4.74 Å². The average Bonchev–Trinajstić information content (AvgIpc) is 3.36. The van der Waals surface area contributed by atoms with E-state index in [-0.39, 0.29) is 0 Å². The van der Waals surface area contributed by atoms with Crippen LogP contribution in [0.25, 0.3) is 37.8 Å². The van der Waals surface area contributed by atoms with Crippen molar-refractivity contribution in [2.24, 2.45) is 0 Å². The zero-order chi connectivity index (χ0) is 23.2. The van der Waals surface area contributed by atoms with E-state index in [0.29, 0.717) is 22.9 Å². The number of hydrogen-bond acceptors (Lipinski definition) is 7. The topological polar surface area (TPSA) is 51.1 Å². The van der Waals surface area contributed by atoms with Crippen LogP contribution in [-0.4, -0.2) is 47.1 Å². The smallest absolute Gasteiger partial charge is 0.178 e. The van der Waals surface area contributed by atoms with Gasteiger partial charge in [-0.25, -0.2) is 15.0 Å². The highest BCUT2D eigenvalue weighted by atomic mass is 32.1. The number of thiophene rings is 1. The lowest BCUT2D eigenvalue weighted by molar-refractivity contribution is 0.281. The van der Waals surface area contributed by atoms with Crippen LogP contribution in [-0.2, 0) is 0 Å². The molecule has 0 amide bonds. The highest BCUT2D eigenvalue weighted by Gasteiger charge is 2.15. The summed E-state index contributed by atoms with van der Waals surface area (Å²) < 4.78 is 5.94. The molecule has 0 saturated carbocycles. The van der Waals surface area contributed by atoms with Gasteiger partial charge in [-0.15, -0.1) is 24.0 Å². The van der Waals surface area contributed by atoms with Gasteiger partial charge in [-0.2, -0.15) is 0 Å². The normalized spacial score (nSPS) is 11.8. The first-order valence-corrected chi connectivity index (χ1v) is 12.0. The first-order valence-electron chi connectivity index (χ1n) is 10.7. The second-order valence-electron chi connectivity index (χ2n) is 7.79. The van der Waals surface area contributed by atoms with E-state index in [2.05, 4.69) is 49.3 Å². The van der Waals surface area contributed by atoms with Gasteiger partial charge in [0, 0.05) is 23.2 Å². The summed E-state index contributed by atoms with van der Waals surface area (Å²) >= 11 is 6.23. The molecule has 7 heteroatoms. The molecular weight excluding hydrogens is 448 g/mol. The van der Waals surface area contributed by atoms with Gasteiger partial charge in [0.05, 0.1) is 11.5 Å². The quantitative estimate of drug-likeness (QED) is 0.178. The highest BCUT2D eigenvalue weighted by molar-refractivity contribution is 7.90.